The van der Waals surface area contributed by atoms with E-state index in [0.29, 0.717) is 18.8 Å². The maximum Gasteiger partial charge on any atom is 0.227 e. The van der Waals surface area contributed by atoms with E-state index in [0.717, 1.165) is 24.5 Å². The number of anilines is 1. The smallest absolute Gasteiger partial charge is 0.227 e. The van der Waals surface area contributed by atoms with E-state index in [1.165, 1.54) is 19.3 Å². The second-order valence-corrected chi connectivity index (χ2v) is 5.51. The number of guanidine groups is 1. The van der Waals surface area contributed by atoms with Gasteiger partial charge in [-0.3, -0.25) is 9.79 Å². The summed E-state index contributed by atoms with van der Waals surface area (Å²) < 4.78 is 0. The third-order valence-corrected chi connectivity index (χ3v) is 3.37. The second kappa shape index (κ2) is 14.0. The Morgan fingerprint density at radius 3 is 2.54 bits per heavy atom. The summed E-state index contributed by atoms with van der Waals surface area (Å²) in [7, 11) is 1.73. The zero-order chi connectivity index (χ0) is 16.9. The number of amides is 1. The van der Waals surface area contributed by atoms with Gasteiger partial charge >= 0.3 is 0 Å². The van der Waals surface area contributed by atoms with Crippen molar-refractivity contribution < 1.29 is 4.79 Å². The molecule has 0 aromatic carbocycles. The van der Waals surface area contributed by atoms with Crippen molar-refractivity contribution in [2.24, 2.45) is 4.99 Å². The minimum absolute atomic E-state index is 0. The van der Waals surface area contributed by atoms with Crippen molar-refractivity contribution in [2.75, 3.05) is 25.5 Å². The molecular formula is C17H30IN5O. The molecule has 0 aliphatic rings. The SMILES string of the molecule is CCCCCCNC(=NC)NCCC(=O)Nc1ccc(C)cn1.I. The highest BCUT2D eigenvalue weighted by Gasteiger charge is 2.04. The normalized spacial score (nSPS) is 10.7. The van der Waals surface area contributed by atoms with Gasteiger partial charge in [0.15, 0.2) is 5.96 Å². The molecule has 136 valence electrons. The summed E-state index contributed by atoms with van der Waals surface area (Å²) in [6.07, 6.45) is 6.96. The molecule has 24 heavy (non-hydrogen) atoms. The fourth-order valence-electron chi connectivity index (χ4n) is 2.02. The Balaban J connectivity index is 0.00000529. The lowest BCUT2D eigenvalue weighted by atomic mass is 10.2. The summed E-state index contributed by atoms with van der Waals surface area (Å²) in [5.74, 6) is 1.26. The van der Waals surface area contributed by atoms with E-state index in [4.69, 9.17) is 0 Å². The Morgan fingerprint density at radius 1 is 1.17 bits per heavy atom. The number of hydrogen-bond acceptors (Lipinski definition) is 3. The minimum Gasteiger partial charge on any atom is -0.356 e. The average Bonchev–Trinajstić information content (AvgIpc) is 2.55. The quantitative estimate of drug-likeness (QED) is 0.235. The molecule has 0 atom stereocenters. The van der Waals surface area contributed by atoms with Crippen LogP contribution in [0.25, 0.3) is 0 Å². The number of aliphatic imine (C=N–C) groups is 1. The molecule has 0 bridgehead atoms. The molecular weight excluding hydrogens is 417 g/mol. The molecule has 7 heteroatoms. The number of carbonyl (C=O) groups excluding carboxylic acids is 1. The number of aryl methyl sites for hydroxylation is 1. The second-order valence-electron chi connectivity index (χ2n) is 5.51. The van der Waals surface area contributed by atoms with E-state index in [1.54, 1.807) is 19.3 Å². The van der Waals surface area contributed by atoms with E-state index in [1.807, 2.05) is 13.0 Å². The molecule has 0 saturated carbocycles. The first-order valence-electron chi connectivity index (χ1n) is 8.32. The van der Waals surface area contributed by atoms with Crippen molar-refractivity contribution in [3.8, 4) is 0 Å². The molecule has 1 aromatic heterocycles. The maximum atomic E-state index is 11.8. The summed E-state index contributed by atoms with van der Waals surface area (Å²) in [5.41, 5.74) is 1.07. The lowest BCUT2D eigenvalue weighted by molar-refractivity contribution is -0.116. The molecule has 0 aliphatic heterocycles. The largest absolute Gasteiger partial charge is 0.356 e. The molecule has 0 aliphatic carbocycles. The monoisotopic (exact) mass is 447 g/mol. The van der Waals surface area contributed by atoms with Gasteiger partial charge in [0.2, 0.25) is 5.91 Å². The number of pyridine rings is 1. The minimum atomic E-state index is -0.0627. The lowest BCUT2D eigenvalue weighted by Gasteiger charge is -2.11. The molecule has 6 nitrogen and oxygen atoms in total. The molecule has 1 aromatic rings. The van der Waals surface area contributed by atoms with Crippen molar-refractivity contribution in [1.29, 1.82) is 0 Å². The highest BCUT2D eigenvalue weighted by molar-refractivity contribution is 14.0. The zero-order valence-electron chi connectivity index (χ0n) is 14.9. The Labute approximate surface area is 162 Å². The van der Waals surface area contributed by atoms with E-state index < -0.39 is 0 Å². The number of halogens is 1. The summed E-state index contributed by atoms with van der Waals surface area (Å²) in [4.78, 5) is 20.1. The summed E-state index contributed by atoms with van der Waals surface area (Å²) in [5, 5.41) is 9.17. The van der Waals surface area contributed by atoms with Crippen LogP contribution < -0.4 is 16.0 Å². The lowest BCUT2D eigenvalue weighted by Crippen LogP contribution is -2.39. The Kier molecular flexibility index (Phi) is 13.2. The molecule has 0 fully saturated rings. The summed E-state index contributed by atoms with van der Waals surface area (Å²) in [6.45, 7) is 5.60. The topological polar surface area (TPSA) is 78.4 Å². The molecule has 0 saturated heterocycles. The van der Waals surface area contributed by atoms with Gasteiger partial charge in [0, 0.05) is 32.8 Å². The van der Waals surface area contributed by atoms with E-state index in [2.05, 4.69) is 32.9 Å². The van der Waals surface area contributed by atoms with Crippen LogP contribution in [-0.4, -0.2) is 37.0 Å². The van der Waals surface area contributed by atoms with Gasteiger partial charge in [-0.15, -0.1) is 24.0 Å². The van der Waals surface area contributed by atoms with Gasteiger partial charge in [-0.05, 0) is 25.0 Å². The molecule has 0 spiro atoms. The third kappa shape index (κ3) is 10.4. The van der Waals surface area contributed by atoms with Crippen LogP contribution >= 0.6 is 24.0 Å². The fraction of sp³-hybridized carbons (Fsp3) is 0.588. The number of aromatic nitrogens is 1. The highest BCUT2D eigenvalue weighted by atomic mass is 127. The van der Waals surface area contributed by atoms with Crippen LogP contribution in [0.4, 0.5) is 5.82 Å². The van der Waals surface area contributed by atoms with Crippen molar-refractivity contribution in [3.05, 3.63) is 23.9 Å². The van der Waals surface area contributed by atoms with Crippen LogP contribution in [0, 0.1) is 6.92 Å². The maximum absolute atomic E-state index is 11.8. The van der Waals surface area contributed by atoms with Crippen molar-refractivity contribution in [3.63, 3.8) is 0 Å². The standard InChI is InChI=1S/C17H29N5O.HI/c1-4-5-6-7-11-19-17(18-3)20-12-10-16(23)22-15-9-8-14(2)13-21-15;/h8-9,13H,4-7,10-12H2,1-3H3,(H2,18,19,20)(H,21,22,23);1H. The van der Waals surface area contributed by atoms with E-state index in [-0.39, 0.29) is 29.9 Å². The first kappa shape index (κ1) is 22.6. The van der Waals surface area contributed by atoms with Gasteiger partial charge < -0.3 is 16.0 Å². The molecule has 0 radical (unpaired) electrons. The van der Waals surface area contributed by atoms with Crippen LogP contribution in [0.3, 0.4) is 0 Å². The number of unbranched alkanes of at least 4 members (excludes halogenated alkanes) is 3. The van der Waals surface area contributed by atoms with Crippen LogP contribution in [0.2, 0.25) is 0 Å². The molecule has 3 N–H and O–H groups in total. The van der Waals surface area contributed by atoms with Gasteiger partial charge in [-0.25, -0.2) is 4.98 Å². The van der Waals surface area contributed by atoms with Crippen LogP contribution in [0.1, 0.15) is 44.6 Å². The molecule has 1 amide bonds. The Hall–Kier alpha value is -1.38. The van der Waals surface area contributed by atoms with Gasteiger partial charge in [-0.1, -0.05) is 32.3 Å². The highest BCUT2D eigenvalue weighted by Crippen LogP contribution is 2.03. The van der Waals surface area contributed by atoms with Crippen LogP contribution in [0.5, 0.6) is 0 Å². The van der Waals surface area contributed by atoms with Crippen LogP contribution in [0.15, 0.2) is 23.3 Å². The van der Waals surface area contributed by atoms with Crippen molar-refractivity contribution >= 4 is 41.7 Å². The van der Waals surface area contributed by atoms with Crippen molar-refractivity contribution in [1.82, 2.24) is 15.6 Å². The first-order valence-corrected chi connectivity index (χ1v) is 8.32. The van der Waals surface area contributed by atoms with E-state index in [9.17, 15) is 4.79 Å². The fourth-order valence-corrected chi connectivity index (χ4v) is 2.02. The van der Waals surface area contributed by atoms with Gasteiger partial charge in [0.1, 0.15) is 5.82 Å². The summed E-state index contributed by atoms with van der Waals surface area (Å²) >= 11 is 0. The molecule has 1 rings (SSSR count). The van der Waals surface area contributed by atoms with Gasteiger partial charge in [0.25, 0.3) is 0 Å². The van der Waals surface area contributed by atoms with Crippen LogP contribution in [-0.2, 0) is 4.79 Å². The first-order chi connectivity index (χ1) is 11.2. The van der Waals surface area contributed by atoms with E-state index >= 15 is 0 Å². The average molecular weight is 447 g/mol. The summed E-state index contributed by atoms with van der Waals surface area (Å²) in [6, 6.07) is 3.72. The number of nitrogens with one attached hydrogen (secondary N) is 3. The Morgan fingerprint density at radius 2 is 1.92 bits per heavy atom. The molecule has 0 unspecified atom stereocenters. The number of nitrogens with zero attached hydrogens (tertiary/aromatic N) is 2. The molecule has 1 heterocycles. The Bertz CT molecular complexity index is 490. The van der Waals surface area contributed by atoms with Gasteiger partial charge in [-0.2, -0.15) is 0 Å². The van der Waals surface area contributed by atoms with Gasteiger partial charge in [0.05, 0.1) is 0 Å². The zero-order valence-corrected chi connectivity index (χ0v) is 17.2. The number of hydrogen-bond donors (Lipinski definition) is 3. The predicted molar refractivity (Wildman–Crippen MR) is 111 cm³/mol. The predicted octanol–water partition coefficient (Wildman–Crippen LogP) is 3.08. The third-order valence-electron chi connectivity index (χ3n) is 3.37. The number of rotatable bonds is 9. The van der Waals surface area contributed by atoms with Crippen molar-refractivity contribution in [2.45, 2.75) is 46.0 Å². The number of carbonyl (C=O) groups is 1.